The summed E-state index contributed by atoms with van der Waals surface area (Å²) < 4.78 is 33.3. The average Bonchev–Trinajstić information content (AvgIpc) is 3.47. The minimum Gasteiger partial charge on any atom is -0.346 e. The molecule has 0 aliphatic heterocycles. The first-order valence-electron chi connectivity index (χ1n) is 9.22. The van der Waals surface area contributed by atoms with Crippen LogP contribution >= 0.6 is 0 Å². The van der Waals surface area contributed by atoms with Gasteiger partial charge in [-0.25, -0.2) is 9.97 Å². The second kappa shape index (κ2) is 8.90. The third kappa shape index (κ3) is 5.02. The Hall–Kier alpha value is -3.15. The maximum Gasteiger partial charge on any atom is 0.446 e. The van der Waals surface area contributed by atoms with Crippen molar-refractivity contribution < 1.29 is 18.0 Å². The zero-order valence-electron chi connectivity index (χ0n) is 15.6. The molecule has 0 saturated heterocycles. The van der Waals surface area contributed by atoms with Gasteiger partial charge in [0.1, 0.15) is 12.0 Å². The van der Waals surface area contributed by atoms with E-state index in [-0.39, 0.29) is 0 Å². The van der Waals surface area contributed by atoms with E-state index in [1.54, 1.807) is 6.33 Å². The molecule has 0 radical (unpaired) electrons. The van der Waals surface area contributed by atoms with Crippen LogP contribution in [-0.2, 0) is 4.79 Å². The topological polar surface area (TPSA) is 76.5 Å². The van der Waals surface area contributed by atoms with Gasteiger partial charge in [0.05, 0.1) is 17.9 Å². The van der Waals surface area contributed by atoms with Gasteiger partial charge in [0.2, 0.25) is 6.29 Å². The molecule has 4 rings (SSSR count). The second-order valence-electron chi connectivity index (χ2n) is 6.85. The third-order valence-electron chi connectivity index (χ3n) is 4.97. The van der Waals surface area contributed by atoms with Crippen molar-refractivity contribution in [1.82, 2.24) is 24.7 Å². The molecule has 1 atom stereocenters. The fraction of sp³-hybridized carbons (Fsp3) is 0.400. The van der Waals surface area contributed by atoms with E-state index < -0.39 is 12.5 Å². The SMILES string of the molecule is C#CCC(C1CCCC1)n1cc(-c2ncnc3[nH]ccc23)cn1.O=CC(F)(F)F. The number of terminal acetylenes is 1. The van der Waals surface area contributed by atoms with Crippen LogP contribution in [0.1, 0.15) is 38.1 Å². The number of carbonyl (C=O) groups is 1. The lowest BCUT2D eigenvalue weighted by Crippen LogP contribution is -2.17. The molecule has 3 aromatic rings. The van der Waals surface area contributed by atoms with Crippen molar-refractivity contribution in [3.8, 4) is 23.6 Å². The molecule has 1 saturated carbocycles. The van der Waals surface area contributed by atoms with E-state index in [0.717, 1.165) is 28.7 Å². The number of aromatic amines is 1. The van der Waals surface area contributed by atoms with Gasteiger partial charge in [0.25, 0.3) is 0 Å². The minimum absolute atomic E-state index is 0.291. The molecule has 1 unspecified atom stereocenters. The summed E-state index contributed by atoms with van der Waals surface area (Å²) in [5, 5.41) is 5.61. The molecule has 1 N–H and O–H groups in total. The number of nitrogens with one attached hydrogen (secondary N) is 1. The first kappa shape index (κ1) is 20.6. The highest BCUT2D eigenvalue weighted by Crippen LogP contribution is 2.36. The smallest absolute Gasteiger partial charge is 0.346 e. The standard InChI is InChI=1S/C18H19N5.C2HF3O/c1-2-5-16(13-6-3-4-7-13)23-11-14(10-22-23)17-15-8-9-19-18(15)21-12-20-17;3-2(4,5)1-6/h1,8-13,16H,3-7H2,(H,19,20,21);1H. The van der Waals surface area contributed by atoms with Gasteiger partial charge in [0.15, 0.2) is 0 Å². The lowest BCUT2D eigenvalue weighted by Gasteiger charge is -2.21. The van der Waals surface area contributed by atoms with Crippen LogP contribution in [0, 0.1) is 18.3 Å². The number of aromatic nitrogens is 5. The van der Waals surface area contributed by atoms with Crippen molar-refractivity contribution in [2.45, 2.75) is 44.3 Å². The molecule has 0 aromatic carbocycles. The van der Waals surface area contributed by atoms with Crippen LogP contribution in [0.5, 0.6) is 0 Å². The highest BCUT2D eigenvalue weighted by Gasteiger charge is 2.27. The quantitative estimate of drug-likeness (QED) is 0.520. The molecular formula is C20H20F3N5O. The molecule has 1 aliphatic carbocycles. The van der Waals surface area contributed by atoms with Crippen LogP contribution in [-0.4, -0.2) is 37.2 Å². The minimum atomic E-state index is -4.64. The van der Waals surface area contributed by atoms with Crippen LogP contribution in [0.3, 0.4) is 0 Å². The van der Waals surface area contributed by atoms with Crippen molar-refractivity contribution in [2.75, 3.05) is 0 Å². The van der Waals surface area contributed by atoms with E-state index in [4.69, 9.17) is 11.2 Å². The van der Waals surface area contributed by atoms with Gasteiger partial charge in [-0.3, -0.25) is 9.48 Å². The van der Waals surface area contributed by atoms with Crippen LogP contribution < -0.4 is 0 Å². The number of H-pyrrole nitrogens is 1. The van der Waals surface area contributed by atoms with Crippen molar-refractivity contribution >= 4 is 17.3 Å². The highest BCUT2D eigenvalue weighted by molar-refractivity contribution is 5.89. The normalized spacial score (nSPS) is 15.5. The van der Waals surface area contributed by atoms with E-state index in [2.05, 4.69) is 32.2 Å². The molecule has 0 bridgehead atoms. The predicted octanol–water partition coefficient (Wildman–Crippen LogP) is 4.32. The molecule has 1 aliphatic rings. The van der Waals surface area contributed by atoms with Crippen LogP contribution in [0.2, 0.25) is 0 Å². The number of carbonyl (C=O) groups excluding carboxylic acids is 1. The zero-order chi connectivity index (χ0) is 20.9. The summed E-state index contributed by atoms with van der Waals surface area (Å²) >= 11 is 0. The van der Waals surface area contributed by atoms with E-state index in [0.29, 0.717) is 12.0 Å². The summed E-state index contributed by atoms with van der Waals surface area (Å²) in [6, 6.07) is 2.29. The molecule has 152 valence electrons. The van der Waals surface area contributed by atoms with Gasteiger partial charge in [-0.05, 0) is 24.8 Å². The molecular weight excluding hydrogens is 383 g/mol. The van der Waals surface area contributed by atoms with Crippen LogP contribution in [0.4, 0.5) is 13.2 Å². The molecule has 9 heteroatoms. The fourth-order valence-corrected chi connectivity index (χ4v) is 3.68. The number of fused-ring (bicyclic) bond motifs is 1. The van der Waals surface area contributed by atoms with Crippen molar-refractivity contribution in [3.05, 3.63) is 31.0 Å². The summed E-state index contributed by atoms with van der Waals surface area (Å²) in [7, 11) is 0. The molecule has 3 heterocycles. The largest absolute Gasteiger partial charge is 0.446 e. The summed E-state index contributed by atoms with van der Waals surface area (Å²) in [6.07, 6.45) is 13.2. The van der Waals surface area contributed by atoms with E-state index in [1.165, 1.54) is 25.7 Å². The molecule has 29 heavy (non-hydrogen) atoms. The molecule has 0 spiro atoms. The maximum absolute atomic E-state index is 10.4. The Bertz CT molecular complexity index is 995. The monoisotopic (exact) mass is 403 g/mol. The lowest BCUT2D eigenvalue weighted by molar-refractivity contribution is -0.156. The Labute approximate surface area is 165 Å². The predicted molar refractivity (Wildman–Crippen MR) is 102 cm³/mol. The second-order valence-corrected chi connectivity index (χ2v) is 6.85. The lowest BCUT2D eigenvalue weighted by atomic mass is 9.96. The number of halogens is 3. The van der Waals surface area contributed by atoms with Crippen LogP contribution in [0.15, 0.2) is 31.0 Å². The summed E-state index contributed by atoms with van der Waals surface area (Å²) in [4.78, 5) is 20.5. The number of hydrogen-bond donors (Lipinski definition) is 1. The van der Waals surface area contributed by atoms with Gasteiger partial charge in [-0.2, -0.15) is 18.3 Å². The Morgan fingerprint density at radius 1 is 1.34 bits per heavy atom. The highest BCUT2D eigenvalue weighted by atomic mass is 19.4. The van der Waals surface area contributed by atoms with Gasteiger partial charge >= 0.3 is 6.18 Å². The maximum atomic E-state index is 10.4. The average molecular weight is 403 g/mol. The van der Waals surface area contributed by atoms with E-state index >= 15 is 0 Å². The number of nitrogens with zero attached hydrogens (tertiary/aromatic N) is 4. The third-order valence-corrected chi connectivity index (χ3v) is 4.97. The molecule has 0 amide bonds. The van der Waals surface area contributed by atoms with Crippen molar-refractivity contribution in [1.29, 1.82) is 0 Å². The van der Waals surface area contributed by atoms with Gasteiger partial charge in [0, 0.05) is 29.8 Å². The summed E-state index contributed by atoms with van der Waals surface area (Å²) in [5.41, 5.74) is 2.77. The summed E-state index contributed by atoms with van der Waals surface area (Å²) in [6.45, 7) is 0. The van der Waals surface area contributed by atoms with Crippen molar-refractivity contribution in [3.63, 3.8) is 0 Å². The summed E-state index contributed by atoms with van der Waals surface area (Å²) in [5.74, 6) is 3.46. The fourth-order valence-electron chi connectivity index (χ4n) is 3.68. The number of rotatable bonds is 4. The first-order valence-corrected chi connectivity index (χ1v) is 9.22. The Morgan fingerprint density at radius 3 is 2.72 bits per heavy atom. The van der Waals surface area contributed by atoms with Crippen LogP contribution in [0.25, 0.3) is 22.3 Å². The molecule has 6 nitrogen and oxygen atoms in total. The van der Waals surface area contributed by atoms with Gasteiger partial charge in [-0.15, -0.1) is 12.3 Å². The Morgan fingerprint density at radius 2 is 2.07 bits per heavy atom. The zero-order valence-corrected chi connectivity index (χ0v) is 15.6. The molecule has 1 fully saturated rings. The number of alkyl halides is 3. The molecule has 3 aromatic heterocycles. The first-order chi connectivity index (χ1) is 13.9. The van der Waals surface area contributed by atoms with Crippen molar-refractivity contribution in [2.24, 2.45) is 5.92 Å². The van der Waals surface area contributed by atoms with Gasteiger partial charge < -0.3 is 4.98 Å². The Balaban J connectivity index is 0.000000353. The van der Waals surface area contributed by atoms with E-state index in [9.17, 15) is 13.2 Å². The number of hydrogen-bond acceptors (Lipinski definition) is 4. The number of aldehydes is 1. The van der Waals surface area contributed by atoms with Gasteiger partial charge in [-0.1, -0.05) is 12.8 Å². The Kier molecular flexibility index (Phi) is 6.32. The van der Waals surface area contributed by atoms with E-state index in [1.807, 2.05) is 23.1 Å².